The maximum Gasteiger partial charge on any atom is 0.138 e. The highest BCUT2D eigenvalue weighted by Gasteiger charge is 2.03. The first-order chi connectivity index (χ1) is 8.15. The summed E-state index contributed by atoms with van der Waals surface area (Å²) in [4.78, 5) is 0.639. The molecule has 0 radical (unpaired) electrons. The Morgan fingerprint density at radius 1 is 1.12 bits per heavy atom. The second kappa shape index (κ2) is 5.23. The van der Waals surface area contributed by atoms with Crippen LogP contribution in [0.4, 0.5) is 10.1 Å². The number of aryl methyl sites for hydroxylation is 1. The summed E-state index contributed by atoms with van der Waals surface area (Å²) in [6, 6.07) is 13.1. The standard InChI is InChI=1S/C14H14FNS/c1-10-2-4-11(5-3-10)9-17-14-7-6-12(16)8-13(14)15/h2-8H,9,16H2,1H3. The number of anilines is 1. The summed E-state index contributed by atoms with van der Waals surface area (Å²) in [5.41, 5.74) is 8.39. The molecule has 2 aromatic carbocycles. The van der Waals surface area contributed by atoms with Crippen LogP contribution in [0.1, 0.15) is 11.1 Å². The predicted molar refractivity (Wildman–Crippen MR) is 71.6 cm³/mol. The Labute approximate surface area is 105 Å². The van der Waals surface area contributed by atoms with Gasteiger partial charge in [-0.3, -0.25) is 0 Å². The molecule has 17 heavy (non-hydrogen) atoms. The third-order valence-electron chi connectivity index (χ3n) is 2.47. The molecule has 0 heterocycles. The van der Waals surface area contributed by atoms with Crippen LogP contribution in [0.3, 0.4) is 0 Å². The second-order valence-electron chi connectivity index (χ2n) is 3.96. The number of hydrogen-bond donors (Lipinski definition) is 1. The fraction of sp³-hybridized carbons (Fsp3) is 0.143. The molecule has 1 nitrogen and oxygen atoms in total. The predicted octanol–water partition coefficient (Wildman–Crippen LogP) is 4.01. The van der Waals surface area contributed by atoms with E-state index in [4.69, 9.17) is 5.73 Å². The van der Waals surface area contributed by atoms with Gasteiger partial charge in [0, 0.05) is 16.3 Å². The quantitative estimate of drug-likeness (QED) is 0.655. The van der Waals surface area contributed by atoms with Crippen LogP contribution in [0.5, 0.6) is 0 Å². The van der Waals surface area contributed by atoms with Crippen LogP contribution >= 0.6 is 11.8 Å². The summed E-state index contributed by atoms with van der Waals surface area (Å²) in [6.07, 6.45) is 0. The molecule has 0 aliphatic carbocycles. The monoisotopic (exact) mass is 247 g/mol. The van der Waals surface area contributed by atoms with E-state index in [9.17, 15) is 4.39 Å². The van der Waals surface area contributed by atoms with E-state index in [1.807, 2.05) is 0 Å². The number of nitrogen functional groups attached to an aromatic ring is 1. The van der Waals surface area contributed by atoms with E-state index in [1.54, 1.807) is 12.1 Å². The topological polar surface area (TPSA) is 26.0 Å². The summed E-state index contributed by atoms with van der Waals surface area (Å²) in [6.45, 7) is 2.05. The van der Waals surface area contributed by atoms with Gasteiger partial charge in [0.2, 0.25) is 0 Å². The van der Waals surface area contributed by atoms with E-state index >= 15 is 0 Å². The van der Waals surface area contributed by atoms with Crippen LogP contribution < -0.4 is 5.73 Å². The lowest BCUT2D eigenvalue weighted by Crippen LogP contribution is -1.88. The van der Waals surface area contributed by atoms with Gasteiger partial charge in [-0.25, -0.2) is 4.39 Å². The zero-order valence-electron chi connectivity index (χ0n) is 9.61. The third-order valence-corrected chi connectivity index (χ3v) is 3.59. The highest BCUT2D eigenvalue weighted by Crippen LogP contribution is 2.26. The van der Waals surface area contributed by atoms with Gasteiger partial charge in [0.25, 0.3) is 0 Å². The second-order valence-corrected chi connectivity index (χ2v) is 4.98. The Bertz CT molecular complexity index is 508. The molecule has 0 aliphatic rings. The van der Waals surface area contributed by atoms with Crippen LogP contribution in [0.15, 0.2) is 47.4 Å². The van der Waals surface area contributed by atoms with E-state index in [1.165, 1.54) is 29.0 Å². The van der Waals surface area contributed by atoms with E-state index in [0.717, 1.165) is 5.75 Å². The molecular formula is C14H14FNS. The Hall–Kier alpha value is -1.48. The summed E-state index contributed by atoms with van der Waals surface area (Å²) >= 11 is 1.48. The molecular weight excluding hydrogens is 233 g/mol. The molecule has 3 heteroatoms. The molecule has 0 aromatic heterocycles. The summed E-state index contributed by atoms with van der Waals surface area (Å²) in [5.74, 6) is 0.517. The number of nitrogens with two attached hydrogens (primary N) is 1. The maximum atomic E-state index is 13.5. The van der Waals surface area contributed by atoms with Crippen LogP contribution in [0, 0.1) is 12.7 Å². The maximum absolute atomic E-state index is 13.5. The largest absolute Gasteiger partial charge is 0.399 e. The van der Waals surface area contributed by atoms with E-state index in [2.05, 4.69) is 31.2 Å². The first kappa shape index (κ1) is 12.0. The smallest absolute Gasteiger partial charge is 0.138 e. The van der Waals surface area contributed by atoms with Gasteiger partial charge in [0.15, 0.2) is 0 Å². The molecule has 0 saturated carbocycles. The van der Waals surface area contributed by atoms with Crippen LogP contribution in [-0.4, -0.2) is 0 Å². The first-order valence-electron chi connectivity index (χ1n) is 5.38. The Morgan fingerprint density at radius 2 is 1.82 bits per heavy atom. The van der Waals surface area contributed by atoms with Crippen molar-refractivity contribution in [1.82, 2.24) is 0 Å². The minimum atomic E-state index is -0.248. The Balaban J connectivity index is 2.04. The zero-order chi connectivity index (χ0) is 12.3. The normalized spacial score (nSPS) is 10.5. The molecule has 0 fully saturated rings. The average Bonchev–Trinajstić information content (AvgIpc) is 2.30. The van der Waals surface area contributed by atoms with Gasteiger partial charge in [-0.15, -0.1) is 11.8 Å². The lowest BCUT2D eigenvalue weighted by molar-refractivity contribution is 0.603. The van der Waals surface area contributed by atoms with Gasteiger partial charge < -0.3 is 5.73 Å². The van der Waals surface area contributed by atoms with Gasteiger partial charge >= 0.3 is 0 Å². The summed E-state index contributed by atoms with van der Waals surface area (Å²) in [7, 11) is 0. The van der Waals surface area contributed by atoms with Gasteiger partial charge in [-0.1, -0.05) is 29.8 Å². The number of halogens is 1. The van der Waals surface area contributed by atoms with Crippen LogP contribution in [0.2, 0.25) is 0 Å². The molecule has 0 amide bonds. The highest BCUT2D eigenvalue weighted by molar-refractivity contribution is 7.98. The van der Waals surface area contributed by atoms with Crippen molar-refractivity contribution in [3.8, 4) is 0 Å². The fourth-order valence-electron chi connectivity index (χ4n) is 1.48. The van der Waals surface area contributed by atoms with Crippen molar-refractivity contribution in [1.29, 1.82) is 0 Å². The Kier molecular flexibility index (Phi) is 3.69. The first-order valence-corrected chi connectivity index (χ1v) is 6.37. The molecule has 2 aromatic rings. The lowest BCUT2D eigenvalue weighted by Gasteiger charge is -2.04. The number of hydrogen-bond acceptors (Lipinski definition) is 2. The van der Waals surface area contributed by atoms with Crippen LogP contribution in [-0.2, 0) is 5.75 Å². The molecule has 0 unspecified atom stereocenters. The minimum Gasteiger partial charge on any atom is -0.399 e. The third kappa shape index (κ3) is 3.24. The van der Waals surface area contributed by atoms with Gasteiger partial charge in [0.1, 0.15) is 5.82 Å². The molecule has 0 saturated heterocycles. The fourth-order valence-corrected chi connectivity index (χ4v) is 2.36. The molecule has 2 N–H and O–H groups in total. The molecule has 0 bridgehead atoms. The number of rotatable bonds is 3. The SMILES string of the molecule is Cc1ccc(CSc2ccc(N)cc2F)cc1. The minimum absolute atomic E-state index is 0.248. The average molecular weight is 247 g/mol. The zero-order valence-corrected chi connectivity index (χ0v) is 10.4. The van der Waals surface area contributed by atoms with Crippen molar-refractivity contribution in [2.75, 3.05) is 5.73 Å². The molecule has 88 valence electrons. The molecule has 0 aliphatic heterocycles. The Morgan fingerprint density at radius 3 is 2.47 bits per heavy atom. The van der Waals surface area contributed by atoms with Crippen LogP contribution in [0.25, 0.3) is 0 Å². The molecule has 0 atom stereocenters. The van der Waals surface area contributed by atoms with Crippen molar-refractivity contribution in [3.63, 3.8) is 0 Å². The van der Waals surface area contributed by atoms with Gasteiger partial charge in [-0.2, -0.15) is 0 Å². The molecule has 2 rings (SSSR count). The van der Waals surface area contributed by atoms with Crippen molar-refractivity contribution in [3.05, 3.63) is 59.4 Å². The molecule has 0 spiro atoms. The van der Waals surface area contributed by atoms with Crippen molar-refractivity contribution in [2.45, 2.75) is 17.6 Å². The van der Waals surface area contributed by atoms with E-state index in [0.29, 0.717) is 10.6 Å². The van der Waals surface area contributed by atoms with E-state index < -0.39 is 0 Å². The lowest BCUT2D eigenvalue weighted by atomic mass is 10.2. The van der Waals surface area contributed by atoms with Crippen molar-refractivity contribution >= 4 is 17.4 Å². The van der Waals surface area contributed by atoms with E-state index in [-0.39, 0.29) is 5.82 Å². The van der Waals surface area contributed by atoms with Gasteiger partial charge in [-0.05, 0) is 30.7 Å². The van der Waals surface area contributed by atoms with Crippen molar-refractivity contribution in [2.24, 2.45) is 0 Å². The van der Waals surface area contributed by atoms with Crippen molar-refractivity contribution < 1.29 is 4.39 Å². The number of thioether (sulfide) groups is 1. The highest BCUT2D eigenvalue weighted by atomic mass is 32.2. The van der Waals surface area contributed by atoms with Gasteiger partial charge in [0.05, 0.1) is 0 Å². The number of benzene rings is 2. The summed E-state index contributed by atoms with van der Waals surface area (Å²) < 4.78 is 13.5. The summed E-state index contributed by atoms with van der Waals surface area (Å²) in [5, 5.41) is 0.